The molecule has 1 nitrogen and oxygen atoms in total. The molecule has 9 aromatic carbocycles. The van der Waals surface area contributed by atoms with Crippen LogP contribution < -0.4 is 31.6 Å². The van der Waals surface area contributed by atoms with Crippen molar-refractivity contribution in [2.45, 2.75) is 0 Å². The van der Waals surface area contributed by atoms with Crippen LogP contribution in [-0.2, 0) is 22.1 Å². The van der Waals surface area contributed by atoms with Crippen molar-refractivity contribution in [3.8, 4) is 0 Å². The number of hydrogen-bond acceptors (Lipinski definition) is 1. The number of benzene rings is 9. The summed E-state index contributed by atoms with van der Waals surface area (Å²) in [6.07, 6.45) is 2.52. The third-order valence-electron chi connectivity index (χ3n) is 9.35. The fourth-order valence-electron chi connectivity index (χ4n) is 6.60. The predicted octanol–water partition coefficient (Wildman–Crippen LogP) is 8.35. The Balaban J connectivity index is 0.000000169. The minimum atomic E-state index is -1.83. The van der Waals surface area contributed by atoms with E-state index >= 15 is 0 Å². The zero-order valence-corrected chi connectivity index (χ0v) is 46.4. The van der Waals surface area contributed by atoms with Gasteiger partial charge < -0.3 is 17.8 Å². The molecule has 324 valence electrons. The molecule has 0 radical (unpaired) electrons. The van der Waals surface area contributed by atoms with Gasteiger partial charge >= 0.3 is 392 Å². The van der Waals surface area contributed by atoms with Crippen molar-refractivity contribution in [3.63, 3.8) is 0 Å². The van der Waals surface area contributed by atoms with Gasteiger partial charge in [0, 0.05) is 0 Å². The van der Waals surface area contributed by atoms with Gasteiger partial charge in [0.25, 0.3) is 0 Å². The first-order valence-corrected chi connectivity index (χ1v) is 34.6. The van der Waals surface area contributed by atoms with Gasteiger partial charge in [-0.15, -0.1) is 6.29 Å². The first kappa shape index (κ1) is 51.9. The summed E-state index contributed by atoms with van der Waals surface area (Å²) >= 11 is 1.61. The Hall–Kier alpha value is -4.08. The second kappa shape index (κ2) is 31.0. The molecule has 0 fully saturated rings. The van der Waals surface area contributed by atoms with Crippen LogP contribution in [0.5, 0.6) is 0 Å². The van der Waals surface area contributed by atoms with Crippen molar-refractivity contribution in [3.05, 3.63) is 291 Å². The average Bonchev–Trinajstić information content (AvgIpc) is 3.38. The van der Waals surface area contributed by atoms with Gasteiger partial charge in [0.1, 0.15) is 0 Å². The van der Waals surface area contributed by atoms with Gasteiger partial charge in [0.05, 0.1) is 0 Å². The van der Waals surface area contributed by atoms with E-state index in [0.29, 0.717) is 0 Å². The molecule has 0 saturated heterocycles. The Morgan fingerprint density at radius 2 is 0.446 bits per heavy atom. The normalized spacial score (nSPS) is 10.4. The van der Waals surface area contributed by atoms with Gasteiger partial charge in [0.15, 0.2) is 0 Å². The minimum absolute atomic E-state index is 0.213. The Morgan fingerprint density at radius 1 is 0.323 bits per heavy atom. The molecular weight excluding hydrogens is 1250 g/mol. The van der Waals surface area contributed by atoms with E-state index in [-0.39, 0.29) is 5.03 Å². The van der Waals surface area contributed by atoms with Crippen LogP contribution >= 0.6 is 21.3 Å². The van der Waals surface area contributed by atoms with E-state index in [9.17, 15) is 4.79 Å². The molecule has 0 spiro atoms. The van der Waals surface area contributed by atoms with Crippen LogP contribution in [0.25, 0.3) is 0 Å². The van der Waals surface area contributed by atoms with Gasteiger partial charge in [-0.1, -0.05) is 0 Å². The van der Waals surface area contributed by atoms with E-state index in [0.717, 1.165) is 6.08 Å². The fraction of sp³-hybridized carbons (Fsp3) is 0. The van der Waals surface area contributed by atoms with E-state index in [1.807, 2.05) is 17.3 Å². The van der Waals surface area contributed by atoms with Gasteiger partial charge in [-0.2, -0.15) is 0 Å². The fourth-order valence-corrected chi connectivity index (χ4v) is 26.4. The number of carbonyl (C=O) groups excluding carboxylic acids is 1. The zero-order chi connectivity index (χ0) is 45.7. The maximum atomic E-state index is 9.29. The Morgan fingerprint density at radius 3 is 0.523 bits per heavy atom. The van der Waals surface area contributed by atoms with Crippen LogP contribution in [0.3, 0.4) is 0 Å². The zero-order valence-electron chi connectivity index (χ0n) is 35.6. The molecule has 0 heterocycles. The molecular formula is C58H48Cl2ORhSb3. The molecule has 0 aromatic heterocycles. The summed E-state index contributed by atoms with van der Waals surface area (Å²) in [7, 11) is 4.53. The van der Waals surface area contributed by atoms with Crippen molar-refractivity contribution in [2.24, 2.45) is 0 Å². The van der Waals surface area contributed by atoms with Crippen LogP contribution in [0.2, 0.25) is 0 Å². The summed E-state index contributed by atoms with van der Waals surface area (Å²) in [5.74, 6) is 0. The summed E-state index contributed by atoms with van der Waals surface area (Å²) in [5, 5.41) is 0.213. The Bertz CT molecular complexity index is 2070. The number of rotatable bonds is 10. The molecule has 0 atom stereocenters. The van der Waals surface area contributed by atoms with Crippen LogP contribution in [0.4, 0.5) is 0 Å². The van der Waals surface area contributed by atoms with E-state index in [1.54, 1.807) is 0 Å². The number of halogens is 2. The predicted molar refractivity (Wildman–Crippen MR) is 283 cm³/mol. The summed E-state index contributed by atoms with van der Waals surface area (Å²) in [6, 6.07) is 98.6. The van der Waals surface area contributed by atoms with Crippen LogP contribution in [0, 0.1) is 6.92 Å². The average molecular weight is 1300 g/mol. The maximum absolute atomic E-state index is 9.29. The van der Waals surface area contributed by atoms with Crippen LogP contribution in [-0.4, -0.2) is 66.9 Å². The first-order chi connectivity index (χ1) is 32.1. The van der Waals surface area contributed by atoms with Crippen molar-refractivity contribution >= 4 is 120 Å². The molecule has 9 aromatic rings. The molecule has 0 amide bonds. The van der Waals surface area contributed by atoms with Crippen molar-refractivity contribution < 1.29 is 22.1 Å². The third kappa shape index (κ3) is 17.6. The third-order valence-corrected chi connectivity index (χ3v) is 30.4. The molecule has 0 unspecified atom stereocenters. The summed E-state index contributed by atoms with van der Waals surface area (Å²) < 4.78 is 13.6. The molecule has 0 saturated carbocycles. The Kier molecular flexibility index (Phi) is 24.7. The molecule has 7 heteroatoms. The van der Waals surface area contributed by atoms with E-state index < -0.39 is 60.6 Å². The SMILES string of the molecule is [CH2-]/C(Cl)=C\[C-]=O.[Cl][Rh+2].c1cc[c]([Sb]([c]2ccccc2)[c]2ccccc2)cc1.c1cc[c]([Sb]([c]2ccccc2)[c]2ccccc2)cc1.c1cc[c]([Sb]([c]2ccccc2)[c]2ccccc2)cc1. The van der Waals surface area contributed by atoms with Crippen LogP contribution in [0.1, 0.15) is 0 Å². The molecule has 65 heavy (non-hydrogen) atoms. The van der Waals surface area contributed by atoms with E-state index in [2.05, 4.69) is 290 Å². The summed E-state index contributed by atoms with van der Waals surface area (Å²) in [6.45, 7) is 3.19. The summed E-state index contributed by atoms with van der Waals surface area (Å²) in [4.78, 5) is 9.29. The molecule has 0 aliphatic heterocycles. The second-order valence-electron chi connectivity index (χ2n) is 13.7. The van der Waals surface area contributed by atoms with E-state index in [4.69, 9.17) is 11.6 Å². The molecule has 0 aliphatic rings. The van der Waals surface area contributed by atoms with Crippen LogP contribution in [0.15, 0.2) is 284 Å². The molecule has 0 N–H and O–H groups in total. The van der Waals surface area contributed by atoms with E-state index in [1.165, 1.54) is 37.9 Å². The van der Waals surface area contributed by atoms with Gasteiger partial charge in [0.2, 0.25) is 0 Å². The molecule has 0 bridgehead atoms. The quantitative estimate of drug-likeness (QED) is 0.0766. The van der Waals surface area contributed by atoms with Crippen molar-refractivity contribution in [1.82, 2.24) is 0 Å². The molecule has 9 rings (SSSR count). The van der Waals surface area contributed by atoms with Gasteiger partial charge in [-0.25, -0.2) is 11.6 Å². The number of hydrogen-bond donors (Lipinski definition) is 0. The van der Waals surface area contributed by atoms with Gasteiger partial charge in [-0.05, 0) is 0 Å². The topological polar surface area (TPSA) is 17.1 Å². The van der Waals surface area contributed by atoms with Crippen molar-refractivity contribution in [2.75, 3.05) is 0 Å². The number of allylic oxidation sites excluding steroid dienone is 2. The second-order valence-corrected chi connectivity index (χ2v) is 33.2. The van der Waals surface area contributed by atoms with Gasteiger partial charge in [-0.3, -0.25) is 5.03 Å². The summed E-state index contributed by atoms with van der Waals surface area (Å²) in [5.41, 5.74) is 0. The van der Waals surface area contributed by atoms with Crippen molar-refractivity contribution in [1.29, 1.82) is 0 Å². The standard InChI is InChI=1S/9C6H5.C4H3ClO.ClH.Rh.3Sb/c9*1-2-4-6-5-3-1;1-4(5)2-3-6;;;;;/h9*1-5H;2H,1H2;1H;;;;/q;;;;;;;;;-2;;+3;;;/p-1/b;;;;;;;;;4-2+;;;;;. The molecule has 0 aliphatic carbocycles. The monoisotopic (exact) mass is 1300 g/mol. The Labute approximate surface area is 427 Å². The first-order valence-electron chi connectivity index (χ1n) is 20.7.